The highest BCUT2D eigenvalue weighted by Gasteiger charge is 2.22. The summed E-state index contributed by atoms with van der Waals surface area (Å²) in [4.78, 5) is 8.07. The smallest absolute Gasteiger partial charge is 0.193 e. The number of para-hydroxylation sites is 1. The number of benzene rings is 4. The van der Waals surface area contributed by atoms with E-state index in [2.05, 4.69) is 118 Å². The van der Waals surface area contributed by atoms with E-state index in [9.17, 15) is 0 Å². The van der Waals surface area contributed by atoms with Crippen molar-refractivity contribution in [3.8, 4) is 22.4 Å². The Morgan fingerprint density at radius 3 is 2.35 bits per heavy atom. The number of anilines is 2. The van der Waals surface area contributed by atoms with Crippen LogP contribution in [0.1, 0.15) is 34.7 Å². The number of nitrogens with one attached hydrogen (secondary N) is 3. The van der Waals surface area contributed by atoms with Crippen molar-refractivity contribution in [2.45, 2.75) is 26.3 Å². The Morgan fingerprint density at radius 1 is 0.767 bits per heavy atom. The summed E-state index contributed by atoms with van der Waals surface area (Å²) in [7, 11) is 0. The van der Waals surface area contributed by atoms with Crippen molar-refractivity contribution in [3.05, 3.63) is 132 Å². The lowest BCUT2D eigenvalue weighted by molar-refractivity contribution is 0.664. The molecule has 7 rings (SSSR count). The second-order valence-corrected chi connectivity index (χ2v) is 11.3. The van der Waals surface area contributed by atoms with Crippen LogP contribution >= 0.6 is 12.2 Å². The number of aryl methyl sites for hydroxylation is 2. The molecule has 3 heterocycles. The quantitative estimate of drug-likeness (QED) is 0.173. The molecule has 3 N–H and O–H groups in total. The molecule has 0 saturated carbocycles. The SMILES string of the molecule is Cc1ccc(-c2cc(-c3c[nH]c4ccccc34)c(Nc3ccc(C4=NC(=S)NC(c5ccccc5)C4)cc3)nn2)cc1C. The standard InChI is InChI=1S/C36H30N6S/c1-22-12-13-26(18-23(22)2)34-19-29(30-21-37-31-11-7-6-10-28(30)31)35(42-41-34)38-27-16-14-25(15-17-27)33-20-32(39-36(43)40-33)24-8-4-3-5-9-24/h3-19,21,32,37H,20H2,1-2H3,(H,38,42)(H,39,43). The van der Waals surface area contributed by atoms with E-state index in [4.69, 9.17) is 17.3 Å². The summed E-state index contributed by atoms with van der Waals surface area (Å²) >= 11 is 5.49. The number of nitrogens with zero attached hydrogens (tertiary/aromatic N) is 3. The maximum absolute atomic E-state index is 5.49. The number of thiocarbonyl (C=S) groups is 1. The van der Waals surface area contributed by atoms with Gasteiger partial charge in [-0.1, -0.05) is 72.8 Å². The number of aromatic amines is 1. The van der Waals surface area contributed by atoms with E-state index >= 15 is 0 Å². The van der Waals surface area contributed by atoms with Crippen LogP contribution in [0.5, 0.6) is 0 Å². The van der Waals surface area contributed by atoms with Gasteiger partial charge in [0.25, 0.3) is 0 Å². The second kappa shape index (κ2) is 11.3. The molecule has 0 aliphatic carbocycles. The molecule has 1 atom stereocenters. The zero-order valence-corrected chi connectivity index (χ0v) is 24.7. The summed E-state index contributed by atoms with van der Waals surface area (Å²) in [6, 6.07) is 35.6. The van der Waals surface area contributed by atoms with Gasteiger partial charge in [-0.15, -0.1) is 10.2 Å². The average Bonchev–Trinajstić information content (AvgIpc) is 3.47. The third kappa shape index (κ3) is 5.43. The monoisotopic (exact) mass is 578 g/mol. The first-order valence-corrected chi connectivity index (χ1v) is 14.7. The molecule has 0 radical (unpaired) electrons. The van der Waals surface area contributed by atoms with Gasteiger partial charge in [0.15, 0.2) is 10.9 Å². The molecule has 1 unspecified atom stereocenters. The molecule has 0 spiro atoms. The highest BCUT2D eigenvalue weighted by atomic mass is 32.1. The molecular formula is C36H30N6S. The molecule has 0 fully saturated rings. The Bertz CT molecular complexity index is 1990. The number of fused-ring (bicyclic) bond motifs is 1. The fraction of sp³-hybridized carbons (Fsp3) is 0.111. The van der Waals surface area contributed by atoms with Gasteiger partial charge in [0, 0.05) is 45.9 Å². The van der Waals surface area contributed by atoms with Crippen LogP contribution in [-0.2, 0) is 0 Å². The van der Waals surface area contributed by atoms with Gasteiger partial charge in [-0.2, -0.15) is 0 Å². The molecule has 7 heteroatoms. The van der Waals surface area contributed by atoms with Crippen molar-refractivity contribution in [3.63, 3.8) is 0 Å². The first-order chi connectivity index (χ1) is 21.0. The maximum atomic E-state index is 5.49. The lowest BCUT2D eigenvalue weighted by Gasteiger charge is -2.25. The summed E-state index contributed by atoms with van der Waals surface area (Å²) in [5.74, 6) is 0.689. The minimum Gasteiger partial charge on any atom is -0.361 e. The predicted molar refractivity (Wildman–Crippen MR) is 180 cm³/mol. The number of aliphatic imine (C=N–C) groups is 1. The zero-order chi connectivity index (χ0) is 29.3. The summed E-state index contributed by atoms with van der Waals surface area (Å²) in [5, 5.41) is 17.9. The zero-order valence-electron chi connectivity index (χ0n) is 23.9. The largest absolute Gasteiger partial charge is 0.361 e. The van der Waals surface area contributed by atoms with E-state index in [0.29, 0.717) is 10.9 Å². The van der Waals surface area contributed by atoms with Crippen molar-refractivity contribution >= 4 is 45.5 Å². The van der Waals surface area contributed by atoms with Gasteiger partial charge in [-0.25, -0.2) is 4.99 Å². The van der Waals surface area contributed by atoms with Gasteiger partial charge in [0.1, 0.15) is 0 Å². The van der Waals surface area contributed by atoms with Crippen molar-refractivity contribution in [2.24, 2.45) is 4.99 Å². The van der Waals surface area contributed by atoms with E-state index in [0.717, 1.165) is 56.7 Å². The minimum atomic E-state index is 0.101. The summed E-state index contributed by atoms with van der Waals surface area (Å²) in [5.41, 5.74) is 11.6. The molecule has 0 amide bonds. The molecule has 1 aliphatic heterocycles. The van der Waals surface area contributed by atoms with Gasteiger partial charge in [-0.3, -0.25) is 0 Å². The van der Waals surface area contributed by atoms with Crippen molar-refractivity contribution in [1.82, 2.24) is 20.5 Å². The number of H-pyrrole nitrogens is 1. The van der Waals surface area contributed by atoms with Crippen molar-refractivity contribution < 1.29 is 0 Å². The third-order valence-corrected chi connectivity index (χ3v) is 8.30. The molecule has 4 aromatic carbocycles. The molecular weight excluding hydrogens is 549 g/mol. The summed E-state index contributed by atoms with van der Waals surface area (Å²) in [6.07, 6.45) is 2.80. The van der Waals surface area contributed by atoms with Gasteiger partial charge < -0.3 is 15.6 Å². The van der Waals surface area contributed by atoms with E-state index < -0.39 is 0 Å². The molecule has 0 bridgehead atoms. The number of aromatic nitrogens is 3. The fourth-order valence-electron chi connectivity index (χ4n) is 5.57. The van der Waals surface area contributed by atoms with Crippen LogP contribution in [0.2, 0.25) is 0 Å². The summed E-state index contributed by atoms with van der Waals surface area (Å²) < 4.78 is 0. The average molecular weight is 579 g/mol. The van der Waals surface area contributed by atoms with Crippen molar-refractivity contribution in [1.29, 1.82) is 0 Å². The van der Waals surface area contributed by atoms with Gasteiger partial charge in [0.2, 0.25) is 0 Å². The third-order valence-electron chi connectivity index (χ3n) is 8.09. The van der Waals surface area contributed by atoms with Crippen LogP contribution < -0.4 is 10.6 Å². The molecule has 6 nitrogen and oxygen atoms in total. The Morgan fingerprint density at radius 2 is 1.53 bits per heavy atom. The molecule has 1 aliphatic rings. The number of rotatable bonds is 6. The Hall–Kier alpha value is -5.14. The van der Waals surface area contributed by atoms with Crippen LogP contribution in [-0.4, -0.2) is 26.0 Å². The van der Waals surface area contributed by atoms with Crippen LogP contribution in [0.4, 0.5) is 11.5 Å². The van der Waals surface area contributed by atoms with Gasteiger partial charge in [-0.05, 0) is 78.7 Å². The van der Waals surface area contributed by atoms with E-state index in [1.807, 2.05) is 30.5 Å². The van der Waals surface area contributed by atoms with Gasteiger partial charge in [0.05, 0.1) is 17.4 Å². The Balaban J connectivity index is 1.21. The Kier molecular flexibility index (Phi) is 7.01. The lowest BCUT2D eigenvalue weighted by Crippen LogP contribution is -2.33. The number of hydrogen-bond donors (Lipinski definition) is 3. The van der Waals surface area contributed by atoms with Crippen LogP contribution in [0, 0.1) is 13.8 Å². The minimum absolute atomic E-state index is 0.101. The molecule has 210 valence electrons. The maximum Gasteiger partial charge on any atom is 0.193 e. The highest BCUT2D eigenvalue weighted by molar-refractivity contribution is 7.80. The van der Waals surface area contributed by atoms with E-state index in [1.54, 1.807) is 0 Å². The highest BCUT2D eigenvalue weighted by Crippen LogP contribution is 2.36. The van der Waals surface area contributed by atoms with Gasteiger partial charge >= 0.3 is 0 Å². The molecule has 0 saturated heterocycles. The number of hydrogen-bond acceptors (Lipinski definition) is 4. The lowest BCUT2D eigenvalue weighted by atomic mass is 9.96. The fourth-order valence-corrected chi connectivity index (χ4v) is 5.82. The van der Waals surface area contributed by atoms with Crippen molar-refractivity contribution in [2.75, 3.05) is 5.32 Å². The first-order valence-electron chi connectivity index (χ1n) is 14.3. The van der Waals surface area contributed by atoms with Crippen LogP contribution in [0.3, 0.4) is 0 Å². The predicted octanol–water partition coefficient (Wildman–Crippen LogP) is 8.46. The van der Waals surface area contributed by atoms with Crippen LogP contribution in [0.15, 0.2) is 114 Å². The van der Waals surface area contributed by atoms with E-state index in [1.165, 1.54) is 16.7 Å². The molecule has 6 aromatic rings. The molecule has 43 heavy (non-hydrogen) atoms. The second-order valence-electron chi connectivity index (χ2n) is 10.9. The normalized spacial score (nSPS) is 14.8. The summed E-state index contributed by atoms with van der Waals surface area (Å²) in [6.45, 7) is 4.24. The van der Waals surface area contributed by atoms with Crippen LogP contribution in [0.25, 0.3) is 33.3 Å². The Labute approximate surface area is 255 Å². The molecule has 2 aromatic heterocycles. The van der Waals surface area contributed by atoms with E-state index in [-0.39, 0.29) is 6.04 Å². The topological polar surface area (TPSA) is 78.0 Å². The first kappa shape index (κ1) is 26.7.